The van der Waals surface area contributed by atoms with Crippen LogP contribution >= 0.6 is 0 Å². The topological polar surface area (TPSA) is 78.5 Å². The third-order valence-electron chi connectivity index (χ3n) is 4.16. The first-order chi connectivity index (χ1) is 11.1. The molecular weight excluding hydrogens is 301 g/mol. The maximum Gasteiger partial charge on any atom is 0.254 e. The van der Waals surface area contributed by atoms with Gasteiger partial charge in [0.2, 0.25) is 0 Å². The van der Waals surface area contributed by atoms with E-state index in [2.05, 4.69) is 9.97 Å². The highest BCUT2D eigenvalue weighted by molar-refractivity contribution is 5.94. The van der Waals surface area contributed by atoms with E-state index >= 15 is 0 Å². The predicted molar refractivity (Wildman–Crippen MR) is 80.1 cm³/mol. The molecule has 7 heteroatoms. The predicted octanol–water partition coefficient (Wildman–Crippen LogP) is 1.64. The first-order valence-electron chi connectivity index (χ1n) is 7.36. The molecule has 6 nitrogen and oxygen atoms in total. The molecule has 1 aromatic carbocycles. The first kappa shape index (κ1) is 15.6. The second-order valence-electron chi connectivity index (χ2n) is 5.51. The number of amides is 1. The fourth-order valence-electron chi connectivity index (χ4n) is 2.89. The number of hydrogen-bond donors (Lipinski definition) is 2. The number of nitrogens with one attached hydrogen (secondary N) is 1. The molecule has 1 aliphatic heterocycles. The molecule has 2 atom stereocenters. The molecule has 0 saturated carbocycles. The largest absolute Gasteiger partial charge is 0.392 e. The molecular formula is C16H18FN3O3. The monoisotopic (exact) mass is 319 g/mol. The van der Waals surface area contributed by atoms with Gasteiger partial charge in [-0.1, -0.05) is 6.07 Å². The summed E-state index contributed by atoms with van der Waals surface area (Å²) in [4.78, 5) is 21.7. The van der Waals surface area contributed by atoms with Crippen LogP contribution in [-0.4, -0.2) is 45.6 Å². The normalized spacial score (nSPS) is 20.9. The molecule has 2 heterocycles. The maximum atomic E-state index is 13.8. The minimum Gasteiger partial charge on any atom is -0.392 e. The van der Waals surface area contributed by atoms with Gasteiger partial charge in [0.05, 0.1) is 18.8 Å². The quantitative estimate of drug-likeness (QED) is 0.898. The number of aliphatic hydroxyl groups excluding tert-OH is 1. The Hall–Kier alpha value is -2.25. The number of rotatable bonds is 4. The van der Waals surface area contributed by atoms with E-state index in [4.69, 9.17) is 9.84 Å². The van der Waals surface area contributed by atoms with Crippen LogP contribution in [0.25, 0.3) is 0 Å². The van der Waals surface area contributed by atoms with E-state index in [0.29, 0.717) is 18.8 Å². The molecule has 2 aromatic rings. The number of halogens is 1. The highest BCUT2D eigenvalue weighted by Crippen LogP contribution is 2.32. The van der Waals surface area contributed by atoms with E-state index in [1.54, 1.807) is 24.4 Å². The number of benzene rings is 1. The third kappa shape index (κ3) is 2.97. The van der Waals surface area contributed by atoms with Gasteiger partial charge in [0.25, 0.3) is 5.91 Å². The smallest absolute Gasteiger partial charge is 0.254 e. The lowest BCUT2D eigenvalue weighted by Gasteiger charge is -2.23. The summed E-state index contributed by atoms with van der Waals surface area (Å²) in [6.45, 7) is 0.0227. The van der Waals surface area contributed by atoms with Gasteiger partial charge < -0.3 is 19.7 Å². The fraction of sp³-hybridized carbons (Fsp3) is 0.375. The van der Waals surface area contributed by atoms with E-state index in [1.807, 2.05) is 0 Å². The number of ether oxygens (including phenoxy) is 1. The number of hydrogen-bond acceptors (Lipinski definition) is 4. The van der Waals surface area contributed by atoms with E-state index in [9.17, 15) is 9.18 Å². The molecule has 0 aliphatic carbocycles. The second-order valence-corrected chi connectivity index (χ2v) is 5.51. The Kier molecular flexibility index (Phi) is 4.40. The SMILES string of the molecule is CO[C@@H]1CC(c2ncc[nH]2)N(C(=O)c2ccc(CO)c(F)c2)C1. The van der Waals surface area contributed by atoms with Gasteiger partial charge in [0.15, 0.2) is 0 Å². The van der Waals surface area contributed by atoms with Crippen molar-refractivity contribution in [2.75, 3.05) is 13.7 Å². The van der Waals surface area contributed by atoms with Crippen molar-refractivity contribution in [2.24, 2.45) is 0 Å². The molecule has 1 amide bonds. The Morgan fingerprint density at radius 3 is 3.00 bits per heavy atom. The van der Waals surface area contributed by atoms with Gasteiger partial charge in [-0.3, -0.25) is 4.79 Å². The summed E-state index contributed by atoms with van der Waals surface area (Å²) in [5.41, 5.74) is 0.410. The fourth-order valence-corrected chi connectivity index (χ4v) is 2.89. The zero-order valence-corrected chi connectivity index (χ0v) is 12.7. The number of likely N-dealkylation sites (tertiary alicyclic amines) is 1. The van der Waals surface area contributed by atoms with E-state index in [0.717, 1.165) is 6.07 Å². The van der Waals surface area contributed by atoms with Gasteiger partial charge in [-0.15, -0.1) is 0 Å². The molecule has 122 valence electrons. The van der Waals surface area contributed by atoms with Gasteiger partial charge in [-0.05, 0) is 12.1 Å². The molecule has 1 fully saturated rings. The van der Waals surface area contributed by atoms with Crippen LogP contribution in [-0.2, 0) is 11.3 Å². The molecule has 3 rings (SSSR count). The Balaban J connectivity index is 1.88. The number of aliphatic hydroxyl groups is 1. The molecule has 0 radical (unpaired) electrons. The molecule has 1 aliphatic rings. The molecule has 0 bridgehead atoms. The lowest BCUT2D eigenvalue weighted by molar-refractivity contribution is 0.0684. The number of methoxy groups -OCH3 is 1. The Bertz CT molecular complexity index is 690. The van der Waals surface area contributed by atoms with Gasteiger partial charge in [0, 0.05) is 43.6 Å². The average Bonchev–Trinajstić information content (AvgIpc) is 3.22. The van der Waals surface area contributed by atoms with Crippen LogP contribution in [0.4, 0.5) is 4.39 Å². The van der Waals surface area contributed by atoms with Gasteiger partial charge in [-0.2, -0.15) is 0 Å². The summed E-state index contributed by atoms with van der Waals surface area (Å²) in [5, 5.41) is 9.03. The van der Waals surface area contributed by atoms with E-state index in [1.165, 1.54) is 12.1 Å². The van der Waals surface area contributed by atoms with Crippen LogP contribution < -0.4 is 0 Å². The highest BCUT2D eigenvalue weighted by Gasteiger charge is 2.38. The Morgan fingerprint density at radius 2 is 2.39 bits per heavy atom. The van der Waals surface area contributed by atoms with Crippen LogP contribution in [0.1, 0.15) is 34.2 Å². The number of aromatic nitrogens is 2. The summed E-state index contributed by atoms with van der Waals surface area (Å²) in [6, 6.07) is 3.88. The average molecular weight is 319 g/mol. The summed E-state index contributed by atoms with van der Waals surface area (Å²) < 4.78 is 19.2. The number of carbonyl (C=O) groups excluding carboxylic acids is 1. The molecule has 0 spiro atoms. The van der Waals surface area contributed by atoms with Crippen LogP contribution in [0.5, 0.6) is 0 Å². The molecule has 1 aromatic heterocycles. The zero-order valence-electron chi connectivity index (χ0n) is 12.7. The standard InChI is InChI=1S/C16H18FN3O3/c1-23-12-7-14(15-18-4-5-19-15)20(8-12)16(22)10-2-3-11(9-21)13(17)6-10/h2-6,12,14,21H,7-9H2,1H3,(H,18,19)/t12-,14?/m1/s1. The summed E-state index contributed by atoms with van der Waals surface area (Å²) in [6.07, 6.45) is 3.88. The highest BCUT2D eigenvalue weighted by atomic mass is 19.1. The van der Waals surface area contributed by atoms with E-state index < -0.39 is 12.4 Å². The van der Waals surface area contributed by atoms with Crippen LogP contribution in [0.2, 0.25) is 0 Å². The molecule has 1 saturated heterocycles. The maximum absolute atomic E-state index is 13.8. The number of aromatic amines is 1. The first-order valence-corrected chi connectivity index (χ1v) is 7.36. The molecule has 23 heavy (non-hydrogen) atoms. The van der Waals surface area contributed by atoms with Crippen molar-refractivity contribution >= 4 is 5.91 Å². The van der Waals surface area contributed by atoms with E-state index in [-0.39, 0.29) is 29.2 Å². The summed E-state index contributed by atoms with van der Waals surface area (Å²) in [5.74, 6) is -0.185. The van der Waals surface area contributed by atoms with Crippen LogP contribution in [0, 0.1) is 5.82 Å². The lowest BCUT2D eigenvalue weighted by atomic mass is 10.1. The minimum atomic E-state index is -0.588. The third-order valence-corrected chi connectivity index (χ3v) is 4.16. The lowest BCUT2D eigenvalue weighted by Crippen LogP contribution is -2.32. The van der Waals surface area contributed by atoms with Crippen LogP contribution in [0.3, 0.4) is 0 Å². The minimum absolute atomic E-state index is 0.0874. The van der Waals surface area contributed by atoms with Crippen molar-refractivity contribution in [2.45, 2.75) is 25.2 Å². The molecule has 1 unspecified atom stereocenters. The zero-order chi connectivity index (χ0) is 16.4. The molecule has 2 N–H and O–H groups in total. The summed E-state index contributed by atoms with van der Waals surface area (Å²) >= 11 is 0. The number of H-pyrrole nitrogens is 1. The van der Waals surface area contributed by atoms with Crippen molar-refractivity contribution in [1.82, 2.24) is 14.9 Å². The van der Waals surface area contributed by atoms with Gasteiger partial charge in [-0.25, -0.2) is 9.37 Å². The Labute approximate surface area is 132 Å². The number of carbonyl (C=O) groups is 1. The van der Waals surface area contributed by atoms with Gasteiger partial charge >= 0.3 is 0 Å². The van der Waals surface area contributed by atoms with Crippen molar-refractivity contribution < 1.29 is 19.0 Å². The number of imidazole rings is 1. The Morgan fingerprint density at radius 1 is 1.57 bits per heavy atom. The van der Waals surface area contributed by atoms with Gasteiger partial charge in [0.1, 0.15) is 11.6 Å². The number of nitrogens with zero attached hydrogens (tertiary/aromatic N) is 2. The van der Waals surface area contributed by atoms with Crippen LogP contribution in [0.15, 0.2) is 30.6 Å². The summed E-state index contributed by atoms with van der Waals surface area (Å²) in [7, 11) is 1.60. The second kappa shape index (κ2) is 6.47. The van der Waals surface area contributed by atoms with Crippen molar-refractivity contribution in [3.63, 3.8) is 0 Å². The van der Waals surface area contributed by atoms with Crippen molar-refractivity contribution in [3.05, 3.63) is 53.4 Å². The van der Waals surface area contributed by atoms with Crippen molar-refractivity contribution in [1.29, 1.82) is 0 Å². The van der Waals surface area contributed by atoms with Crippen molar-refractivity contribution in [3.8, 4) is 0 Å².